The van der Waals surface area contributed by atoms with Gasteiger partial charge in [-0.05, 0) is 24.7 Å². The van der Waals surface area contributed by atoms with Gasteiger partial charge in [-0.15, -0.1) is 0 Å². The van der Waals surface area contributed by atoms with E-state index in [0.29, 0.717) is 18.3 Å². The van der Waals surface area contributed by atoms with Gasteiger partial charge in [0, 0.05) is 6.42 Å². The minimum atomic E-state index is -0.692. The van der Waals surface area contributed by atoms with Gasteiger partial charge < -0.3 is 9.47 Å². The number of esters is 1. The molecule has 17 heavy (non-hydrogen) atoms. The normalized spacial score (nSPS) is 33.9. The lowest BCUT2D eigenvalue weighted by Gasteiger charge is -2.36. The van der Waals surface area contributed by atoms with E-state index in [1.54, 1.807) is 0 Å². The van der Waals surface area contributed by atoms with Gasteiger partial charge in [0.2, 0.25) is 0 Å². The Balaban J connectivity index is 2.15. The maximum Gasteiger partial charge on any atom is 0.318 e. The Hall–Kier alpha value is -0.900. The molecule has 1 saturated carbocycles. The Bertz CT molecular complexity index is 319. The molecule has 96 valence electrons. The van der Waals surface area contributed by atoms with Crippen LogP contribution in [0.2, 0.25) is 0 Å². The summed E-state index contributed by atoms with van der Waals surface area (Å²) in [5.74, 6) is -0.473. The maximum absolute atomic E-state index is 12.1. The van der Waals surface area contributed by atoms with Crippen LogP contribution in [0.1, 0.15) is 33.1 Å². The first-order valence-electron chi connectivity index (χ1n) is 6.30. The van der Waals surface area contributed by atoms with E-state index < -0.39 is 11.9 Å². The molecule has 1 aliphatic heterocycles. The summed E-state index contributed by atoms with van der Waals surface area (Å²) in [5.41, 5.74) is 0. The number of ketones is 1. The monoisotopic (exact) mass is 240 g/mol. The summed E-state index contributed by atoms with van der Waals surface area (Å²) in [6.45, 7) is 4.08. The number of carbonyl (C=O) groups excluding carboxylic acids is 2. The molecule has 0 radical (unpaired) electrons. The Labute approximate surface area is 102 Å². The maximum atomic E-state index is 12.1. The predicted octanol–water partition coefficient (Wildman–Crippen LogP) is 1.57. The van der Waals surface area contributed by atoms with Gasteiger partial charge in [0.1, 0.15) is 5.92 Å². The number of hydrogen-bond acceptors (Lipinski definition) is 4. The van der Waals surface area contributed by atoms with Gasteiger partial charge in [-0.2, -0.15) is 0 Å². The van der Waals surface area contributed by atoms with Crippen molar-refractivity contribution in [2.24, 2.45) is 17.8 Å². The molecule has 1 aliphatic carbocycles. The molecule has 2 aliphatic rings. The highest BCUT2D eigenvalue weighted by Crippen LogP contribution is 2.42. The Morgan fingerprint density at radius 2 is 2.06 bits per heavy atom. The van der Waals surface area contributed by atoms with E-state index in [9.17, 15) is 9.59 Å². The van der Waals surface area contributed by atoms with Crippen LogP contribution in [0.15, 0.2) is 0 Å². The lowest BCUT2D eigenvalue weighted by Crippen LogP contribution is -2.48. The zero-order valence-corrected chi connectivity index (χ0v) is 10.6. The van der Waals surface area contributed by atoms with Gasteiger partial charge in [-0.3, -0.25) is 9.59 Å². The van der Waals surface area contributed by atoms with Crippen LogP contribution in [-0.2, 0) is 19.1 Å². The van der Waals surface area contributed by atoms with E-state index in [-0.39, 0.29) is 18.0 Å². The van der Waals surface area contributed by atoms with Crippen LogP contribution in [0.5, 0.6) is 0 Å². The summed E-state index contributed by atoms with van der Waals surface area (Å²) in [6, 6.07) is 0. The molecule has 1 saturated heterocycles. The molecule has 0 aromatic rings. The largest absolute Gasteiger partial charge is 0.468 e. The zero-order chi connectivity index (χ0) is 12.6. The fourth-order valence-corrected chi connectivity index (χ4v) is 2.43. The van der Waals surface area contributed by atoms with E-state index in [1.807, 2.05) is 13.8 Å². The number of carbonyl (C=O) groups is 2. The highest BCUT2D eigenvalue weighted by Gasteiger charge is 2.49. The molecule has 0 aromatic carbocycles. The van der Waals surface area contributed by atoms with E-state index in [1.165, 1.54) is 7.11 Å². The SMILES string of the molecule is COC(=O)[C@@H]1C(=O)C[C@@H](C(C)C)O[C@H]1C1CC1. The fraction of sp³-hybridized carbons (Fsp3) is 0.846. The first kappa shape index (κ1) is 12.6. The van der Waals surface area contributed by atoms with Crippen LogP contribution in [-0.4, -0.2) is 31.1 Å². The Morgan fingerprint density at radius 3 is 2.53 bits per heavy atom. The third kappa shape index (κ3) is 2.51. The van der Waals surface area contributed by atoms with Crippen molar-refractivity contribution in [3.8, 4) is 0 Å². The molecule has 2 fully saturated rings. The molecule has 1 heterocycles. The van der Waals surface area contributed by atoms with Crippen LogP contribution >= 0.6 is 0 Å². The van der Waals surface area contributed by atoms with Crippen molar-refractivity contribution in [1.29, 1.82) is 0 Å². The van der Waals surface area contributed by atoms with Gasteiger partial charge in [0.15, 0.2) is 5.78 Å². The lowest BCUT2D eigenvalue weighted by molar-refractivity contribution is -0.171. The van der Waals surface area contributed by atoms with Crippen LogP contribution in [0.3, 0.4) is 0 Å². The van der Waals surface area contributed by atoms with E-state index >= 15 is 0 Å². The van der Waals surface area contributed by atoms with Crippen molar-refractivity contribution in [2.75, 3.05) is 7.11 Å². The van der Waals surface area contributed by atoms with Gasteiger partial charge in [0.25, 0.3) is 0 Å². The molecular formula is C13H20O4. The first-order chi connectivity index (χ1) is 8.04. The van der Waals surface area contributed by atoms with Gasteiger partial charge >= 0.3 is 5.97 Å². The standard InChI is InChI=1S/C13H20O4/c1-7(2)10-6-9(14)11(13(15)16-3)12(17-10)8-4-5-8/h7-8,10-12H,4-6H2,1-3H3/t10-,11+,12-/m0/s1. The highest BCUT2D eigenvalue weighted by atomic mass is 16.5. The summed E-state index contributed by atoms with van der Waals surface area (Å²) >= 11 is 0. The summed E-state index contributed by atoms with van der Waals surface area (Å²) in [5, 5.41) is 0. The van der Waals surface area contributed by atoms with Crippen LogP contribution in [0.25, 0.3) is 0 Å². The number of methoxy groups -OCH3 is 1. The second-order valence-corrected chi connectivity index (χ2v) is 5.39. The molecule has 0 amide bonds. The van der Waals surface area contributed by atoms with Gasteiger partial charge in [-0.25, -0.2) is 0 Å². The second-order valence-electron chi connectivity index (χ2n) is 5.39. The van der Waals surface area contributed by atoms with E-state index in [4.69, 9.17) is 9.47 Å². The predicted molar refractivity (Wildman–Crippen MR) is 61.4 cm³/mol. The first-order valence-corrected chi connectivity index (χ1v) is 6.30. The number of rotatable bonds is 3. The number of hydrogen-bond donors (Lipinski definition) is 0. The van der Waals surface area contributed by atoms with Crippen LogP contribution in [0, 0.1) is 17.8 Å². The van der Waals surface area contributed by atoms with Crippen LogP contribution < -0.4 is 0 Å². The molecule has 3 atom stereocenters. The second kappa shape index (κ2) is 4.77. The lowest BCUT2D eigenvalue weighted by atomic mass is 9.85. The summed E-state index contributed by atoms with van der Waals surface area (Å²) in [7, 11) is 1.33. The van der Waals surface area contributed by atoms with Gasteiger partial charge in [0.05, 0.1) is 19.3 Å². The third-order valence-corrected chi connectivity index (χ3v) is 3.70. The van der Waals surface area contributed by atoms with Crippen molar-refractivity contribution in [3.63, 3.8) is 0 Å². The minimum Gasteiger partial charge on any atom is -0.468 e. The van der Waals surface area contributed by atoms with Crippen molar-refractivity contribution in [2.45, 2.75) is 45.3 Å². The fourth-order valence-electron chi connectivity index (χ4n) is 2.43. The molecule has 2 rings (SSSR count). The molecule has 0 N–H and O–H groups in total. The Kier molecular flexibility index (Phi) is 3.52. The molecule has 0 unspecified atom stereocenters. The van der Waals surface area contributed by atoms with Crippen molar-refractivity contribution >= 4 is 11.8 Å². The van der Waals surface area contributed by atoms with Crippen LogP contribution in [0.4, 0.5) is 0 Å². The average molecular weight is 240 g/mol. The number of ether oxygens (including phenoxy) is 2. The molecule has 4 nitrogen and oxygen atoms in total. The summed E-state index contributed by atoms with van der Waals surface area (Å²) < 4.78 is 10.7. The zero-order valence-electron chi connectivity index (χ0n) is 10.6. The third-order valence-electron chi connectivity index (χ3n) is 3.70. The highest BCUT2D eigenvalue weighted by molar-refractivity contribution is 6.00. The van der Waals surface area contributed by atoms with Crippen molar-refractivity contribution in [3.05, 3.63) is 0 Å². The molecule has 0 spiro atoms. The van der Waals surface area contributed by atoms with Gasteiger partial charge in [-0.1, -0.05) is 13.8 Å². The topological polar surface area (TPSA) is 52.6 Å². The van der Waals surface area contributed by atoms with Crippen molar-refractivity contribution in [1.82, 2.24) is 0 Å². The van der Waals surface area contributed by atoms with Crippen molar-refractivity contribution < 1.29 is 19.1 Å². The molecular weight excluding hydrogens is 220 g/mol. The quantitative estimate of drug-likeness (QED) is 0.555. The molecule has 4 heteroatoms. The van der Waals surface area contributed by atoms with E-state index in [0.717, 1.165) is 12.8 Å². The van der Waals surface area contributed by atoms with E-state index in [2.05, 4.69) is 0 Å². The molecule has 0 aromatic heterocycles. The average Bonchev–Trinajstić information content (AvgIpc) is 3.10. The molecule has 0 bridgehead atoms. The summed E-state index contributed by atoms with van der Waals surface area (Å²) in [4.78, 5) is 23.7. The number of Topliss-reactive ketones (excluding diaryl/α,β-unsaturated/α-hetero) is 1. The Morgan fingerprint density at radius 1 is 1.41 bits per heavy atom. The minimum absolute atomic E-state index is 0.0151. The summed E-state index contributed by atoms with van der Waals surface area (Å²) in [6.07, 6.45) is 2.14. The smallest absolute Gasteiger partial charge is 0.318 e.